The van der Waals surface area contributed by atoms with Crippen LogP contribution in [0.15, 0.2) is 30.3 Å². The maximum atomic E-state index is 6.58. The average molecular weight is 302 g/mol. The van der Waals surface area contributed by atoms with Gasteiger partial charge in [0.05, 0.1) is 10.7 Å². The van der Waals surface area contributed by atoms with Crippen molar-refractivity contribution in [3.05, 3.63) is 51.5 Å². The van der Waals surface area contributed by atoms with Crippen LogP contribution in [0.4, 0.5) is 0 Å². The van der Waals surface area contributed by atoms with Gasteiger partial charge in [0.2, 0.25) is 0 Å². The predicted molar refractivity (Wildman–Crippen MR) is 91.9 cm³/mol. The van der Waals surface area contributed by atoms with E-state index in [0.29, 0.717) is 11.8 Å². The van der Waals surface area contributed by atoms with E-state index >= 15 is 0 Å². The molecule has 3 heteroatoms. The molecule has 3 unspecified atom stereocenters. The van der Waals surface area contributed by atoms with Crippen LogP contribution in [-0.4, -0.2) is 11.0 Å². The third kappa shape index (κ3) is 3.92. The van der Waals surface area contributed by atoms with E-state index in [1.54, 1.807) is 11.3 Å². The van der Waals surface area contributed by atoms with Crippen molar-refractivity contribution < 1.29 is 0 Å². The van der Waals surface area contributed by atoms with Gasteiger partial charge in [-0.15, -0.1) is 11.3 Å². The maximum absolute atomic E-state index is 6.58. The number of hydrogen-bond acceptors (Lipinski definition) is 3. The Morgan fingerprint density at radius 1 is 1.19 bits per heavy atom. The Hall–Kier alpha value is -1.19. The van der Waals surface area contributed by atoms with Crippen molar-refractivity contribution in [1.29, 1.82) is 0 Å². The van der Waals surface area contributed by atoms with Gasteiger partial charge in [-0.1, -0.05) is 50.6 Å². The summed E-state index contributed by atoms with van der Waals surface area (Å²) in [4.78, 5) is 5.95. The number of hydrogen-bond donors (Lipinski definition) is 1. The van der Waals surface area contributed by atoms with Gasteiger partial charge in [0, 0.05) is 23.3 Å². The van der Waals surface area contributed by atoms with Crippen LogP contribution < -0.4 is 5.73 Å². The summed E-state index contributed by atoms with van der Waals surface area (Å²) in [5, 5.41) is 1.17. The topological polar surface area (TPSA) is 38.9 Å². The highest BCUT2D eigenvalue weighted by Gasteiger charge is 2.25. The second-order valence-corrected chi connectivity index (χ2v) is 7.23. The van der Waals surface area contributed by atoms with Crippen molar-refractivity contribution in [3.63, 3.8) is 0 Å². The lowest BCUT2D eigenvalue weighted by atomic mass is 9.79. The molecule has 0 aliphatic heterocycles. The smallest absolute Gasteiger partial charge is 0.0946 e. The molecule has 0 aliphatic carbocycles. The molecule has 2 rings (SSSR count). The Balaban J connectivity index is 2.20. The summed E-state index contributed by atoms with van der Waals surface area (Å²) in [7, 11) is 0. The standard InChI is InChI=1S/C18H26N2S/c1-5-12(2)18(15-9-7-6-8-10-15)16(19)11-17-20-13(3)14(4)21-17/h6-10,12,16,18H,5,11,19H2,1-4H3. The molecule has 1 aromatic heterocycles. The lowest BCUT2D eigenvalue weighted by Gasteiger charge is -2.29. The zero-order chi connectivity index (χ0) is 15.4. The van der Waals surface area contributed by atoms with Crippen molar-refractivity contribution in [1.82, 2.24) is 4.98 Å². The van der Waals surface area contributed by atoms with Crippen molar-refractivity contribution >= 4 is 11.3 Å². The monoisotopic (exact) mass is 302 g/mol. The van der Waals surface area contributed by atoms with Crippen LogP contribution in [-0.2, 0) is 6.42 Å². The fourth-order valence-electron chi connectivity index (χ4n) is 2.88. The molecule has 0 aliphatic rings. The van der Waals surface area contributed by atoms with E-state index < -0.39 is 0 Å². The first-order chi connectivity index (χ1) is 10.0. The summed E-state index contributed by atoms with van der Waals surface area (Å²) in [6.07, 6.45) is 2.01. The number of rotatable bonds is 6. The van der Waals surface area contributed by atoms with Gasteiger partial charge in [0.1, 0.15) is 0 Å². The Kier molecular flexibility index (Phi) is 5.54. The van der Waals surface area contributed by atoms with E-state index in [9.17, 15) is 0 Å². The molecule has 0 radical (unpaired) electrons. The van der Waals surface area contributed by atoms with Crippen LogP contribution >= 0.6 is 11.3 Å². The zero-order valence-corrected chi connectivity index (χ0v) is 14.3. The molecular formula is C18H26N2S. The molecule has 114 valence electrons. The van der Waals surface area contributed by atoms with Crippen LogP contribution in [0.3, 0.4) is 0 Å². The highest BCUT2D eigenvalue weighted by Crippen LogP contribution is 2.31. The van der Waals surface area contributed by atoms with Crippen LogP contribution in [0.2, 0.25) is 0 Å². The normalized spacial score (nSPS) is 15.7. The quantitative estimate of drug-likeness (QED) is 0.855. The highest BCUT2D eigenvalue weighted by molar-refractivity contribution is 7.11. The number of nitrogens with two attached hydrogens (primary N) is 1. The fourth-order valence-corrected chi connectivity index (χ4v) is 3.89. The third-order valence-corrected chi connectivity index (χ3v) is 5.48. The Labute approximate surface area is 132 Å². The second kappa shape index (κ2) is 7.19. The van der Waals surface area contributed by atoms with Gasteiger partial charge < -0.3 is 5.73 Å². The fraction of sp³-hybridized carbons (Fsp3) is 0.500. The molecule has 0 spiro atoms. The number of aryl methyl sites for hydroxylation is 2. The van der Waals surface area contributed by atoms with Crippen molar-refractivity contribution in [2.24, 2.45) is 11.7 Å². The minimum atomic E-state index is 0.118. The lowest BCUT2D eigenvalue weighted by Crippen LogP contribution is -2.34. The summed E-state index contributed by atoms with van der Waals surface area (Å²) >= 11 is 1.78. The summed E-state index contributed by atoms with van der Waals surface area (Å²) in [6, 6.07) is 10.8. The summed E-state index contributed by atoms with van der Waals surface area (Å²) < 4.78 is 0. The number of benzene rings is 1. The van der Waals surface area contributed by atoms with E-state index in [0.717, 1.165) is 18.5 Å². The molecule has 21 heavy (non-hydrogen) atoms. The average Bonchev–Trinajstić information content (AvgIpc) is 2.78. The molecule has 2 aromatic rings. The van der Waals surface area contributed by atoms with E-state index in [1.165, 1.54) is 15.4 Å². The number of nitrogens with zero attached hydrogens (tertiary/aromatic N) is 1. The molecule has 0 fully saturated rings. The zero-order valence-electron chi connectivity index (χ0n) is 13.5. The molecule has 0 saturated heterocycles. The first kappa shape index (κ1) is 16.2. The number of aromatic nitrogens is 1. The summed E-state index contributed by atoms with van der Waals surface area (Å²) in [5.41, 5.74) is 9.08. The van der Waals surface area contributed by atoms with Crippen molar-refractivity contribution in [3.8, 4) is 0 Å². The molecule has 1 aromatic carbocycles. The van der Waals surface area contributed by atoms with E-state index in [1.807, 2.05) is 0 Å². The van der Waals surface area contributed by atoms with Gasteiger partial charge in [-0.25, -0.2) is 4.98 Å². The van der Waals surface area contributed by atoms with Gasteiger partial charge in [0.15, 0.2) is 0 Å². The lowest BCUT2D eigenvalue weighted by molar-refractivity contribution is 0.379. The SMILES string of the molecule is CCC(C)C(c1ccccc1)C(N)Cc1nc(C)c(C)s1. The molecule has 0 amide bonds. The minimum absolute atomic E-state index is 0.118. The van der Waals surface area contributed by atoms with Crippen molar-refractivity contribution in [2.75, 3.05) is 0 Å². The van der Waals surface area contributed by atoms with Crippen molar-refractivity contribution in [2.45, 2.75) is 52.5 Å². The Bertz CT molecular complexity index is 542. The summed E-state index contributed by atoms with van der Waals surface area (Å²) in [6.45, 7) is 8.75. The molecule has 0 bridgehead atoms. The van der Waals surface area contributed by atoms with Gasteiger partial charge in [-0.2, -0.15) is 0 Å². The van der Waals surface area contributed by atoms with Gasteiger partial charge in [0.25, 0.3) is 0 Å². The van der Waals surface area contributed by atoms with Crippen LogP contribution in [0.25, 0.3) is 0 Å². The van der Waals surface area contributed by atoms with Gasteiger partial charge >= 0.3 is 0 Å². The van der Waals surface area contributed by atoms with Crippen LogP contribution in [0.1, 0.15) is 47.3 Å². The Morgan fingerprint density at radius 3 is 2.38 bits per heavy atom. The second-order valence-electron chi connectivity index (χ2n) is 5.94. The van der Waals surface area contributed by atoms with E-state index in [2.05, 4.69) is 63.0 Å². The highest BCUT2D eigenvalue weighted by atomic mass is 32.1. The Morgan fingerprint density at radius 2 is 1.86 bits per heavy atom. The molecule has 1 heterocycles. The molecule has 3 atom stereocenters. The van der Waals surface area contributed by atoms with Gasteiger partial charge in [-0.05, 0) is 25.3 Å². The largest absolute Gasteiger partial charge is 0.327 e. The first-order valence-electron chi connectivity index (χ1n) is 7.76. The molecular weight excluding hydrogens is 276 g/mol. The predicted octanol–water partition coefficient (Wildman–Crippen LogP) is 4.46. The van der Waals surface area contributed by atoms with Crippen LogP contribution in [0.5, 0.6) is 0 Å². The summed E-state index contributed by atoms with van der Waals surface area (Å²) in [5.74, 6) is 0.963. The third-order valence-electron chi connectivity index (χ3n) is 4.39. The van der Waals surface area contributed by atoms with E-state index in [4.69, 9.17) is 5.73 Å². The first-order valence-corrected chi connectivity index (χ1v) is 8.58. The molecule has 2 N–H and O–H groups in total. The van der Waals surface area contributed by atoms with Crippen LogP contribution in [0, 0.1) is 19.8 Å². The van der Waals surface area contributed by atoms with Gasteiger partial charge in [-0.3, -0.25) is 0 Å². The van der Waals surface area contributed by atoms with E-state index in [-0.39, 0.29) is 6.04 Å². The molecule has 2 nitrogen and oxygen atoms in total. The molecule has 0 saturated carbocycles. The minimum Gasteiger partial charge on any atom is -0.327 e. The maximum Gasteiger partial charge on any atom is 0.0946 e. The number of thiazole rings is 1.